The number of rotatable bonds is 9. The van der Waals surface area contributed by atoms with Crippen molar-refractivity contribution in [2.45, 2.75) is 45.7 Å². The number of likely N-dealkylation sites (tertiary alicyclic amines) is 1. The molecule has 2 heterocycles. The Labute approximate surface area is 186 Å². The van der Waals surface area contributed by atoms with Crippen molar-refractivity contribution in [3.05, 3.63) is 58.9 Å². The zero-order chi connectivity index (χ0) is 22.2. The lowest BCUT2D eigenvalue weighted by Gasteiger charge is -2.37. The summed E-state index contributed by atoms with van der Waals surface area (Å²) in [6, 6.07) is 10.1. The van der Waals surface area contributed by atoms with Gasteiger partial charge in [-0.3, -0.25) is 14.7 Å². The van der Waals surface area contributed by atoms with Crippen LogP contribution in [0.5, 0.6) is 5.75 Å². The predicted octanol–water partition coefficient (Wildman–Crippen LogP) is 3.81. The standard InChI is InChI=1S/C25H35N3O3/c1-18-19(2)23(31-4)11-10-20(18)16-28-14-7-8-21(17-28)25(22-9-5-6-13-26-22)27-24(29)12-15-30-3/h5-6,9-11,13,21,25H,7-8,12,14-17H2,1-4H3,(H,27,29). The van der Waals surface area contributed by atoms with Crippen molar-refractivity contribution in [1.82, 2.24) is 15.2 Å². The van der Waals surface area contributed by atoms with Crippen LogP contribution in [0.3, 0.4) is 0 Å². The SMILES string of the molecule is COCCC(=O)NC(c1ccccn1)C1CCCN(Cc2ccc(OC)c(C)c2C)C1. The van der Waals surface area contributed by atoms with E-state index in [1.54, 1.807) is 20.4 Å². The van der Waals surface area contributed by atoms with Crippen LogP contribution in [0.25, 0.3) is 0 Å². The highest BCUT2D eigenvalue weighted by molar-refractivity contribution is 5.76. The minimum absolute atomic E-state index is 0.0104. The number of pyridine rings is 1. The summed E-state index contributed by atoms with van der Waals surface area (Å²) in [6.07, 6.45) is 4.34. The number of nitrogens with one attached hydrogen (secondary N) is 1. The lowest BCUT2D eigenvalue weighted by atomic mass is 9.88. The second kappa shape index (κ2) is 11.3. The van der Waals surface area contributed by atoms with Gasteiger partial charge in [0.2, 0.25) is 5.91 Å². The van der Waals surface area contributed by atoms with Crippen LogP contribution in [0, 0.1) is 19.8 Å². The van der Waals surface area contributed by atoms with Crippen LogP contribution in [-0.4, -0.2) is 49.7 Å². The molecule has 3 rings (SSSR count). The molecule has 0 saturated carbocycles. The Bertz CT molecular complexity index is 857. The van der Waals surface area contributed by atoms with E-state index in [4.69, 9.17) is 9.47 Å². The molecule has 0 spiro atoms. The highest BCUT2D eigenvalue weighted by Crippen LogP contribution is 2.31. The van der Waals surface area contributed by atoms with Gasteiger partial charge in [0.25, 0.3) is 0 Å². The summed E-state index contributed by atoms with van der Waals surface area (Å²) in [5.41, 5.74) is 4.75. The first-order chi connectivity index (χ1) is 15.0. The van der Waals surface area contributed by atoms with Gasteiger partial charge in [-0.2, -0.15) is 0 Å². The van der Waals surface area contributed by atoms with Crippen LogP contribution in [-0.2, 0) is 16.1 Å². The Morgan fingerprint density at radius 1 is 1.23 bits per heavy atom. The van der Waals surface area contributed by atoms with E-state index in [0.29, 0.717) is 18.9 Å². The summed E-state index contributed by atoms with van der Waals surface area (Å²) >= 11 is 0. The molecule has 31 heavy (non-hydrogen) atoms. The molecule has 0 radical (unpaired) electrons. The lowest BCUT2D eigenvalue weighted by molar-refractivity contribution is -0.123. The number of nitrogens with zero attached hydrogens (tertiary/aromatic N) is 2. The van der Waals surface area contributed by atoms with Gasteiger partial charge in [-0.1, -0.05) is 12.1 Å². The zero-order valence-electron chi connectivity index (χ0n) is 19.2. The molecule has 1 fully saturated rings. The first-order valence-electron chi connectivity index (χ1n) is 11.1. The monoisotopic (exact) mass is 425 g/mol. The smallest absolute Gasteiger partial charge is 0.222 e. The number of carbonyl (C=O) groups is 1. The summed E-state index contributed by atoms with van der Waals surface area (Å²) in [5.74, 6) is 1.26. The summed E-state index contributed by atoms with van der Waals surface area (Å²) in [6.45, 7) is 7.60. The molecule has 1 aliphatic heterocycles. The number of piperidine rings is 1. The van der Waals surface area contributed by atoms with E-state index in [0.717, 1.165) is 43.9 Å². The summed E-state index contributed by atoms with van der Waals surface area (Å²) in [4.78, 5) is 19.6. The maximum Gasteiger partial charge on any atom is 0.222 e. The molecule has 168 valence electrons. The molecule has 1 saturated heterocycles. The Morgan fingerprint density at radius 3 is 2.77 bits per heavy atom. The number of amides is 1. The molecule has 1 N–H and O–H groups in total. The number of ether oxygens (including phenoxy) is 2. The van der Waals surface area contributed by atoms with Crippen molar-refractivity contribution in [2.24, 2.45) is 5.92 Å². The van der Waals surface area contributed by atoms with Crippen LogP contribution < -0.4 is 10.1 Å². The van der Waals surface area contributed by atoms with E-state index < -0.39 is 0 Å². The summed E-state index contributed by atoms with van der Waals surface area (Å²) in [5, 5.41) is 3.23. The molecule has 1 aromatic carbocycles. The number of methoxy groups -OCH3 is 2. The second-order valence-electron chi connectivity index (χ2n) is 8.36. The van der Waals surface area contributed by atoms with Crippen molar-refractivity contribution in [2.75, 3.05) is 33.9 Å². The fourth-order valence-electron chi connectivity index (χ4n) is 4.43. The first-order valence-corrected chi connectivity index (χ1v) is 11.1. The fourth-order valence-corrected chi connectivity index (χ4v) is 4.43. The fraction of sp³-hybridized carbons (Fsp3) is 0.520. The van der Waals surface area contributed by atoms with Gasteiger partial charge in [-0.15, -0.1) is 0 Å². The Morgan fingerprint density at radius 2 is 2.06 bits per heavy atom. The Balaban J connectivity index is 1.74. The molecule has 1 aromatic heterocycles. The maximum atomic E-state index is 12.5. The summed E-state index contributed by atoms with van der Waals surface area (Å²) in [7, 11) is 3.33. The molecule has 0 bridgehead atoms. The van der Waals surface area contributed by atoms with Gasteiger partial charge in [0, 0.05) is 32.8 Å². The molecule has 2 aromatic rings. The highest BCUT2D eigenvalue weighted by Gasteiger charge is 2.30. The van der Waals surface area contributed by atoms with Crippen molar-refractivity contribution in [3.63, 3.8) is 0 Å². The average Bonchev–Trinajstić information content (AvgIpc) is 2.80. The third-order valence-electron chi connectivity index (χ3n) is 6.33. The third-order valence-corrected chi connectivity index (χ3v) is 6.33. The molecular formula is C25H35N3O3. The van der Waals surface area contributed by atoms with Crippen LogP contribution in [0.15, 0.2) is 36.5 Å². The predicted molar refractivity (Wildman–Crippen MR) is 122 cm³/mol. The van der Waals surface area contributed by atoms with Crippen LogP contribution in [0.4, 0.5) is 0 Å². The van der Waals surface area contributed by atoms with E-state index in [9.17, 15) is 4.79 Å². The van der Waals surface area contributed by atoms with Gasteiger partial charge in [-0.05, 0) is 74.0 Å². The largest absolute Gasteiger partial charge is 0.496 e. The zero-order valence-corrected chi connectivity index (χ0v) is 19.2. The number of benzene rings is 1. The van der Waals surface area contributed by atoms with Gasteiger partial charge in [0.15, 0.2) is 0 Å². The number of hydrogen-bond donors (Lipinski definition) is 1. The van der Waals surface area contributed by atoms with E-state index in [1.165, 1.54) is 16.7 Å². The van der Waals surface area contributed by atoms with Crippen molar-refractivity contribution in [3.8, 4) is 5.75 Å². The molecular weight excluding hydrogens is 390 g/mol. The average molecular weight is 426 g/mol. The van der Waals surface area contributed by atoms with E-state index in [1.807, 2.05) is 18.2 Å². The van der Waals surface area contributed by atoms with Crippen molar-refractivity contribution >= 4 is 5.91 Å². The minimum Gasteiger partial charge on any atom is -0.496 e. The van der Waals surface area contributed by atoms with Crippen LogP contribution >= 0.6 is 0 Å². The van der Waals surface area contributed by atoms with Crippen molar-refractivity contribution < 1.29 is 14.3 Å². The number of hydrogen-bond acceptors (Lipinski definition) is 5. The molecule has 1 aliphatic rings. The van der Waals surface area contributed by atoms with E-state index in [2.05, 4.69) is 41.2 Å². The third kappa shape index (κ3) is 6.05. The lowest BCUT2D eigenvalue weighted by Crippen LogP contribution is -2.43. The molecule has 2 unspecified atom stereocenters. The number of aromatic nitrogens is 1. The minimum atomic E-state index is -0.0907. The quantitative estimate of drug-likeness (QED) is 0.662. The van der Waals surface area contributed by atoms with E-state index >= 15 is 0 Å². The van der Waals surface area contributed by atoms with Crippen LogP contribution in [0.1, 0.15) is 47.7 Å². The van der Waals surface area contributed by atoms with Gasteiger partial charge in [0.1, 0.15) is 5.75 Å². The molecule has 0 aliphatic carbocycles. The summed E-state index contributed by atoms with van der Waals surface area (Å²) < 4.78 is 10.5. The molecule has 1 amide bonds. The first kappa shape index (κ1) is 23.2. The van der Waals surface area contributed by atoms with Gasteiger partial charge in [0.05, 0.1) is 25.5 Å². The van der Waals surface area contributed by atoms with Gasteiger partial charge in [-0.25, -0.2) is 0 Å². The van der Waals surface area contributed by atoms with Gasteiger partial charge < -0.3 is 14.8 Å². The van der Waals surface area contributed by atoms with Crippen molar-refractivity contribution in [1.29, 1.82) is 0 Å². The molecule has 6 nitrogen and oxygen atoms in total. The molecule has 6 heteroatoms. The topological polar surface area (TPSA) is 63.7 Å². The normalized spacial score (nSPS) is 17.9. The second-order valence-corrected chi connectivity index (χ2v) is 8.36. The Hall–Kier alpha value is -2.44. The Kier molecular flexibility index (Phi) is 8.43. The maximum absolute atomic E-state index is 12.5. The number of carbonyl (C=O) groups excluding carboxylic acids is 1. The molecule has 2 atom stereocenters. The van der Waals surface area contributed by atoms with E-state index in [-0.39, 0.29) is 11.9 Å². The highest BCUT2D eigenvalue weighted by atomic mass is 16.5. The van der Waals surface area contributed by atoms with Crippen LogP contribution in [0.2, 0.25) is 0 Å². The van der Waals surface area contributed by atoms with Gasteiger partial charge >= 0.3 is 0 Å².